The lowest BCUT2D eigenvalue weighted by Crippen LogP contribution is -2.35. The number of methoxy groups -OCH3 is 1. The molecule has 3 rings (SSSR count). The van der Waals surface area contributed by atoms with Crippen molar-refractivity contribution in [3.63, 3.8) is 0 Å². The van der Waals surface area contributed by atoms with Gasteiger partial charge in [-0.2, -0.15) is 13.2 Å². The summed E-state index contributed by atoms with van der Waals surface area (Å²) < 4.78 is 43.9. The van der Waals surface area contributed by atoms with Crippen LogP contribution in [0.3, 0.4) is 0 Å². The smallest absolute Gasteiger partial charge is 0.416 e. The van der Waals surface area contributed by atoms with Gasteiger partial charge in [0, 0.05) is 0 Å². The fraction of sp³-hybridized carbons (Fsp3) is 0.263. The van der Waals surface area contributed by atoms with Crippen LogP contribution in [0.4, 0.5) is 13.2 Å². The second-order valence-corrected chi connectivity index (χ2v) is 6.34. The molecule has 1 aromatic heterocycles. The molecule has 0 aliphatic heterocycles. The minimum Gasteiger partial charge on any atom is -0.497 e. The molecule has 2 aromatic carbocycles. The van der Waals surface area contributed by atoms with E-state index in [9.17, 15) is 22.8 Å². The van der Waals surface area contributed by atoms with Crippen LogP contribution in [0.1, 0.15) is 24.1 Å². The molecule has 0 fully saturated rings. The first-order chi connectivity index (χ1) is 13.7. The van der Waals surface area contributed by atoms with Crippen LogP contribution < -0.4 is 15.6 Å². The summed E-state index contributed by atoms with van der Waals surface area (Å²) in [6, 6.07) is 8.65. The Morgan fingerprint density at radius 2 is 1.90 bits per heavy atom. The first-order valence-corrected chi connectivity index (χ1v) is 8.57. The standard InChI is InChI=1S/C19H17F3N4O3/c1-11(12-3-5-13(6-4-12)19(20,21)22)23-17(27)10-26-18(28)15-9-14(29-2)7-8-16(15)24-25-26/h3-9,11H,10H2,1-2H3,(H,23,27). The Hall–Kier alpha value is -3.43. The van der Waals surface area contributed by atoms with Crippen molar-refractivity contribution in [3.8, 4) is 5.75 Å². The molecule has 0 spiro atoms. The van der Waals surface area contributed by atoms with E-state index in [2.05, 4.69) is 15.6 Å². The Balaban J connectivity index is 1.73. The summed E-state index contributed by atoms with van der Waals surface area (Å²) in [5.74, 6) is -0.0643. The van der Waals surface area contributed by atoms with Crippen molar-refractivity contribution in [1.82, 2.24) is 20.3 Å². The highest BCUT2D eigenvalue weighted by molar-refractivity contribution is 5.79. The molecular weight excluding hydrogens is 389 g/mol. The van der Waals surface area contributed by atoms with Crippen LogP contribution in [-0.2, 0) is 17.5 Å². The molecule has 0 saturated heterocycles. The molecule has 1 unspecified atom stereocenters. The van der Waals surface area contributed by atoms with E-state index in [0.717, 1.165) is 16.8 Å². The first kappa shape index (κ1) is 20.3. The Morgan fingerprint density at radius 1 is 1.21 bits per heavy atom. The maximum absolute atomic E-state index is 12.6. The van der Waals surface area contributed by atoms with Crippen molar-refractivity contribution in [3.05, 3.63) is 63.9 Å². The third kappa shape index (κ3) is 4.53. The topological polar surface area (TPSA) is 86.1 Å². The SMILES string of the molecule is COc1ccc2nnn(CC(=O)NC(C)c3ccc(C(F)(F)F)cc3)c(=O)c2c1. The molecule has 7 nitrogen and oxygen atoms in total. The lowest BCUT2D eigenvalue weighted by atomic mass is 10.1. The summed E-state index contributed by atoms with van der Waals surface area (Å²) in [6.45, 7) is 1.24. The zero-order valence-corrected chi connectivity index (χ0v) is 15.5. The minimum absolute atomic E-state index is 0.253. The molecule has 0 saturated carbocycles. The first-order valence-electron chi connectivity index (χ1n) is 8.57. The van der Waals surface area contributed by atoms with Crippen LogP contribution in [-0.4, -0.2) is 28.0 Å². The lowest BCUT2D eigenvalue weighted by molar-refractivity contribution is -0.137. The zero-order valence-electron chi connectivity index (χ0n) is 15.5. The molecule has 0 aliphatic carbocycles. The highest BCUT2D eigenvalue weighted by atomic mass is 19.4. The fourth-order valence-corrected chi connectivity index (χ4v) is 2.75. The predicted molar refractivity (Wildman–Crippen MR) is 98.4 cm³/mol. The van der Waals surface area contributed by atoms with Gasteiger partial charge in [0.15, 0.2) is 0 Å². The minimum atomic E-state index is -4.43. The van der Waals surface area contributed by atoms with E-state index < -0.39 is 29.2 Å². The molecule has 1 N–H and O–H groups in total. The molecule has 0 aliphatic rings. The monoisotopic (exact) mass is 406 g/mol. The number of benzene rings is 2. The van der Waals surface area contributed by atoms with Crippen molar-refractivity contribution < 1.29 is 22.7 Å². The summed E-state index contributed by atoms with van der Waals surface area (Å²) in [5.41, 5.74) is -0.418. The number of nitrogens with zero attached hydrogens (tertiary/aromatic N) is 3. The highest BCUT2D eigenvalue weighted by Crippen LogP contribution is 2.29. The number of nitrogens with one attached hydrogen (secondary N) is 1. The molecule has 10 heteroatoms. The van der Waals surface area contributed by atoms with Crippen molar-refractivity contribution in [2.75, 3.05) is 7.11 Å². The van der Waals surface area contributed by atoms with Crippen molar-refractivity contribution in [2.24, 2.45) is 0 Å². The molecule has 0 bridgehead atoms. The molecule has 29 heavy (non-hydrogen) atoms. The molecular formula is C19H17F3N4O3. The van der Waals surface area contributed by atoms with E-state index in [0.29, 0.717) is 16.8 Å². The Labute approximate surface area is 163 Å². The molecule has 1 heterocycles. The molecule has 152 valence electrons. The summed E-state index contributed by atoms with van der Waals surface area (Å²) in [7, 11) is 1.46. The number of carbonyl (C=O) groups excluding carboxylic acids is 1. The van der Waals surface area contributed by atoms with Crippen molar-refractivity contribution >= 4 is 16.8 Å². The average molecular weight is 406 g/mol. The van der Waals surface area contributed by atoms with Crippen LogP contribution in [0.2, 0.25) is 0 Å². The van der Waals surface area contributed by atoms with E-state index in [1.54, 1.807) is 19.1 Å². The Kier molecular flexibility index (Phi) is 5.53. The van der Waals surface area contributed by atoms with Crippen molar-refractivity contribution in [1.29, 1.82) is 0 Å². The number of aromatic nitrogens is 3. The van der Waals surface area contributed by atoms with E-state index in [1.165, 1.54) is 25.3 Å². The third-order valence-corrected chi connectivity index (χ3v) is 4.34. The second kappa shape index (κ2) is 7.90. The average Bonchev–Trinajstić information content (AvgIpc) is 2.69. The number of fused-ring (bicyclic) bond motifs is 1. The number of ether oxygens (including phenoxy) is 1. The van der Waals surface area contributed by atoms with Crippen LogP contribution in [0.5, 0.6) is 5.75 Å². The fourth-order valence-electron chi connectivity index (χ4n) is 2.75. The summed E-state index contributed by atoms with van der Waals surface area (Å²) >= 11 is 0. The Bertz CT molecular complexity index is 1090. The number of alkyl halides is 3. The number of carbonyl (C=O) groups is 1. The summed E-state index contributed by atoms with van der Waals surface area (Å²) in [5, 5.41) is 10.5. The van der Waals surface area contributed by atoms with Gasteiger partial charge in [0.1, 0.15) is 17.8 Å². The van der Waals surface area contributed by atoms with Crippen molar-refractivity contribution in [2.45, 2.75) is 25.7 Å². The maximum Gasteiger partial charge on any atom is 0.416 e. The normalized spacial score (nSPS) is 12.6. The summed E-state index contributed by atoms with van der Waals surface area (Å²) in [4.78, 5) is 24.8. The van der Waals surface area contributed by atoms with E-state index >= 15 is 0 Å². The van der Waals surface area contributed by atoms with Gasteiger partial charge in [0.05, 0.1) is 24.1 Å². The van der Waals surface area contributed by atoms with Crippen LogP contribution >= 0.6 is 0 Å². The number of halogens is 3. The zero-order chi connectivity index (χ0) is 21.2. The van der Waals surface area contributed by atoms with E-state index in [1.807, 2.05) is 0 Å². The lowest BCUT2D eigenvalue weighted by Gasteiger charge is -2.15. The highest BCUT2D eigenvalue weighted by Gasteiger charge is 2.30. The number of hydrogen-bond acceptors (Lipinski definition) is 5. The largest absolute Gasteiger partial charge is 0.497 e. The number of hydrogen-bond donors (Lipinski definition) is 1. The van der Waals surface area contributed by atoms with Gasteiger partial charge in [-0.3, -0.25) is 9.59 Å². The van der Waals surface area contributed by atoms with E-state index in [-0.39, 0.29) is 11.9 Å². The van der Waals surface area contributed by atoms with Crippen LogP contribution in [0.15, 0.2) is 47.3 Å². The molecule has 1 amide bonds. The quantitative estimate of drug-likeness (QED) is 0.704. The van der Waals surface area contributed by atoms with Gasteiger partial charge < -0.3 is 10.1 Å². The van der Waals surface area contributed by atoms with Gasteiger partial charge in [-0.25, -0.2) is 4.68 Å². The van der Waals surface area contributed by atoms with Gasteiger partial charge in [-0.15, -0.1) is 5.10 Å². The third-order valence-electron chi connectivity index (χ3n) is 4.34. The maximum atomic E-state index is 12.6. The van der Waals surface area contributed by atoms with Gasteiger partial charge in [-0.1, -0.05) is 17.3 Å². The number of rotatable bonds is 5. The van der Waals surface area contributed by atoms with Gasteiger partial charge in [0.25, 0.3) is 5.56 Å². The molecule has 0 radical (unpaired) electrons. The Morgan fingerprint density at radius 3 is 2.52 bits per heavy atom. The summed E-state index contributed by atoms with van der Waals surface area (Å²) in [6.07, 6.45) is -4.43. The second-order valence-electron chi connectivity index (χ2n) is 6.34. The van der Waals surface area contributed by atoms with Crippen LogP contribution in [0, 0.1) is 0 Å². The molecule has 3 aromatic rings. The van der Waals surface area contributed by atoms with Gasteiger partial charge in [-0.05, 0) is 42.8 Å². The van der Waals surface area contributed by atoms with E-state index in [4.69, 9.17) is 4.74 Å². The number of amides is 1. The van der Waals surface area contributed by atoms with Gasteiger partial charge >= 0.3 is 6.18 Å². The van der Waals surface area contributed by atoms with Gasteiger partial charge in [0.2, 0.25) is 5.91 Å². The molecule has 1 atom stereocenters. The predicted octanol–water partition coefficient (Wildman–Crippen LogP) is 2.70. The van der Waals surface area contributed by atoms with Crippen LogP contribution in [0.25, 0.3) is 10.9 Å².